The van der Waals surface area contributed by atoms with E-state index in [9.17, 15) is 24.4 Å². The van der Waals surface area contributed by atoms with Gasteiger partial charge in [-0.05, 0) is 39.9 Å². The van der Waals surface area contributed by atoms with Crippen LogP contribution in [-0.2, 0) is 64.6 Å². The van der Waals surface area contributed by atoms with Gasteiger partial charge in [-0.1, -0.05) is 133 Å². The lowest BCUT2D eigenvalue weighted by atomic mass is 9.76. The van der Waals surface area contributed by atoms with E-state index in [2.05, 4.69) is 0 Å². The van der Waals surface area contributed by atoms with E-state index in [1.54, 1.807) is 97.1 Å². The number of carbonyl (C=O) groups excluding carboxylic acids is 4. The van der Waals surface area contributed by atoms with Crippen LogP contribution >= 0.6 is 0 Å². The minimum Gasteiger partial charge on any atom is -0.460 e. The van der Waals surface area contributed by atoms with E-state index >= 15 is 0 Å². The molecule has 0 aliphatic carbocycles. The molecule has 9 heteroatoms. The lowest BCUT2D eigenvalue weighted by Crippen LogP contribution is -2.43. The molecule has 0 aliphatic heterocycles. The first-order valence-corrected chi connectivity index (χ1v) is 16.2. The molecule has 0 atom stereocenters. The molecule has 0 N–H and O–H groups in total. The van der Waals surface area contributed by atoms with Gasteiger partial charge >= 0.3 is 23.9 Å². The van der Waals surface area contributed by atoms with Gasteiger partial charge in [0.1, 0.15) is 26.4 Å². The molecule has 0 bridgehead atoms. The van der Waals surface area contributed by atoms with Gasteiger partial charge in [0.2, 0.25) is 0 Å². The molecule has 256 valence electrons. The summed E-state index contributed by atoms with van der Waals surface area (Å²) < 4.78 is 22.7. The predicted molar refractivity (Wildman–Crippen MR) is 186 cm³/mol. The largest absolute Gasteiger partial charge is 0.460 e. The lowest BCUT2D eigenvalue weighted by molar-refractivity contribution is -0.171. The van der Waals surface area contributed by atoms with Crippen molar-refractivity contribution < 1.29 is 38.1 Å². The quantitative estimate of drug-likeness (QED) is 0.0662. The topological polar surface area (TPSA) is 129 Å². The summed E-state index contributed by atoms with van der Waals surface area (Å²) in [5.74, 6) is -9.28. The number of nitrogens with zero attached hydrogens (tertiary/aromatic N) is 1. The van der Waals surface area contributed by atoms with Crippen LogP contribution in [0.25, 0.3) is 0 Å². The fourth-order valence-electron chi connectivity index (χ4n) is 5.41. The number of nitriles is 1. The van der Waals surface area contributed by atoms with Crippen molar-refractivity contribution in [3.05, 3.63) is 179 Å². The smallest absolute Gasteiger partial charge is 0.321 e. The zero-order chi connectivity index (χ0) is 35.8. The maximum absolute atomic E-state index is 14.1. The van der Waals surface area contributed by atoms with Crippen LogP contribution in [-0.4, -0.2) is 23.9 Å². The number of esters is 4. The third-order valence-corrected chi connectivity index (χ3v) is 8.05. The summed E-state index contributed by atoms with van der Waals surface area (Å²) in [5, 5.41) is 9.50. The number of hydrogen-bond acceptors (Lipinski definition) is 9. The van der Waals surface area contributed by atoms with Gasteiger partial charge in [0, 0.05) is 5.92 Å². The normalized spacial score (nSPS) is 10.7. The number of rotatable bonds is 15. The second kappa shape index (κ2) is 18.3. The third-order valence-electron chi connectivity index (χ3n) is 8.05. The van der Waals surface area contributed by atoms with Gasteiger partial charge in [-0.2, -0.15) is 5.26 Å². The Bertz CT molecular complexity index is 1700. The Morgan fingerprint density at radius 2 is 0.706 bits per heavy atom. The van der Waals surface area contributed by atoms with E-state index in [4.69, 9.17) is 18.9 Å². The molecule has 0 saturated heterocycles. The fraction of sp³-hybridized carbons (Fsp3) is 0.167. The number of hydrogen-bond donors (Lipinski definition) is 0. The highest BCUT2D eigenvalue weighted by molar-refractivity contribution is 6.01. The van der Waals surface area contributed by atoms with Crippen molar-refractivity contribution in [1.82, 2.24) is 0 Å². The Kier molecular flexibility index (Phi) is 12.8. The predicted octanol–water partition coefficient (Wildman–Crippen LogP) is 6.85. The van der Waals surface area contributed by atoms with Crippen molar-refractivity contribution in [2.75, 3.05) is 0 Å². The SMILES string of the molecule is N#Cc1ccc(C(C(C(=O)OCc2ccccc2)C(=O)OCc2ccccc2)C(C(=O)OCc2ccccc2)C(=O)OCc2ccccc2)cc1. The number of ether oxygens (including phenoxy) is 4. The highest BCUT2D eigenvalue weighted by Gasteiger charge is 2.50. The Balaban J connectivity index is 1.56. The van der Waals surface area contributed by atoms with Crippen LogP contribution in [0.2, 0.25) is 0 Å². The van der Waals surface area contributed by atoms with Crippen molar-refractivity contribution in [3.63, 3.8) is 0 Å². The molecule has 0 radical (unpaired) electrons. The molecular weight excluding hydrogens is 646 g/mol. The maximum atomic E-state index is 14.1. The average Bonchev–Trinajstić information content (AvgIpc) is 3.19. The van der Waals surface area contributed by atoms with Crippen LogP contribution in [0, 0.1) is 23.2 Å². The van der Waals surface area contributed by atoms with Gasteiger partial charge in [0.05, 0.1) is 11.6 Å². The Hall–Kier alpha value is -6.53. The van der Waals surface area contributed by atoms with Crippen LogP contribution in [0.4, 0.5) is 0 Å². The standard InChI is InChI=1S/C42H35NO8/c43-25-30-21-23-35(24-22-30)36(37(39(44)48-26-31-13-5-1-6-14-31)40(45)49-27-32-15-7-2-8-16-32)38(41(46)50-28-33-17-9-3-10-18-33)42(47)51-29-34-19-11-4-12-20-34/h1-24,36-38H,26-29H2. The first-order chi connectivity index (χ1) is 24.9. The van der Waals surface area contributed by atoms with Gasteiger partial charge < -0.3 is 18.9 Å². The number of benzene rings is 5. The van der Waals surface area contributed by atoms with Crippen molar-refractivity contribution >= 4 is 23.9 Å². The van der Waals surface area contributed by atoms with Gasteiger partial charge in [0.15, 0.2) is 11.8 Å². The van der Waals surface area contributed by atoms with E-state index < -0.39 is 41.6 Å². The lowest BCUT2D eigenvalue weighted by Gasteiger charge is -2.29. The van der Waals surface area contributed by atoms with E-state index in [-0.39, 0.29) is 37.6 Å². The Morgan fingerprint density at radius 1 is 0.431 bits per heavy atom. The zero-order valence-electron chi connectivity index (χ0n) is 27.6. The summed E-state index contributed by atoms with van der Waals surface area (Å²) in [6, 6.07) is 43.3. The molecule has 0 heterocycles. The molecule has 0 aliphatic rings. The molecule has 5 aromatic rings. The van der Waals surface area contributed by atoms with Crippen LogP contribution in [0.3, 0.4) is 0 Å². The second-order valence-electron chi connectivity index (χ2n) is 11.6. The summed E-state index contributed by atoms with van der Waals surface area (Å²) in [5.41, 5.74) is 3.10. The number of carbonyl (C=O) groups is 4. The van der Waals surface area contributed by atoms with E-state index in [1.165, 1.54) is 24.3 Å². The monoisotopic (exact) mass is 681 g/mol. The van der Waals surface area contributed by atoms with Crippen molar-refractivity contribution in [2.24, 2.45) is 11.8 Å². The van der Waals surface area contributed by atoms with E-state index in [1.807, 2.05) is 30.3 Å². The molecule has 0 unspecified atom stereocenters. The minimum atomic E-state index is -1.83. The Labute approximate surface area is 296 Å². The summed E-state index contributed by atoms with van der Waals surface area (Å²) in [6.07, 6.45) is 0. The molecule has 0 amide bonds. The third kappa shape index (κ3) is 10.2. The molecule has 51 heavy (non-hydrogen) atoms. The van der Waals surface area contributed by atoms with Gasteiger partial charge in [-0.3, -0.25) is 19.2 Å². The second-order valence-corrected chi connectivity index (χ2v) is 11.6. The first-order valence-electron chi connectivity index (χ1n) is 16.2. The molecular formula is C42H35NO8. The van der Waals surface area contributed by atoms with Crippen LogP contribution < -0.4 is 0 Å². The first kappa shape index (κ1) is 35.8. The average molecular weight is 682 g/mol. The summed E-state index contributed by atoms with van der Waals surface area (Å²) in [6.45, 7) is -0.763. The van der Waals surface area contributed by atoms with Crippen LogP contribution in [0.5, 0.6) is 0 Å². The van der Waals surface area contributed by atoms with E-state index in [0.29, 0.717) is 22.3 Å². The summed E-state index contributed by atoms with van der Waals surface area (Å²) in [7, 11) is 0. The van der Waals surface area contributed by atoms with Gasteiger partial charge in [-0.25, -0.2) is 0 Å². The molecule has 5 aromatic carbocycles. The van der Waals surface area contributed by atoms with E-state index in [0.717, 1.165) is 0 Å². The highest BCUT2D eigenvalue weighted by Crippen LogP contribution is 2.37. The van der Waals surface area contributed by atoms with Crippen molar-refractivity contribution in [3.8, 4) is 6.07 Å². The molecule has 9 nitrogen and oxygen atoms in total. The van der Waals surface area contributed by atoms with Crippen LogP contribution in [0.15, 0.2) is 146 Å². The molecule has 5 rings (SSSR count). The minimum absolute atomic E-state index is 0.191. The van der Waals surface area contributed by atoms with Gasteiger partial charge in [-0.15, -0.1) is 0 Å². The van der Waals surface area contributed by atoms with Crippen molar-refractivity contribution in [2.45, 2.75) is 32.3 Å². The maximum Gasteiger partial charge on any atom is 0.321 e. The molecule has 0 aromatic heterocycles. The highest BCUT2D eigenvalue weighted by atomic mass is 16.6. The molecule has 0 spiro atoms. The summed E-state index contributed by atoms with van der Waals surface area (Å²) in [4.78, 5) is 56.5. The van der Waals surface area contributed by atoms with Crippen molar-refractivity contribution in [1.29, 1.82) is 5.26 Å². The molecule has 0 fully saturated rings. The molecule has 0 saturated carbocycles. The summed E-state index contributed by atoms with van der Waals surface area (Å²) >= 11 is 0. The fourth-order valence-corrected chi connectivity index (χ4v) is 5.41. The van der Waals surface area contributed by atoms with Gasteiger partial charge in [0.25, 0.3) is 0 Å². The van der Waals surface area contributed by atoms with Crippen LogP contribution in [0.1, 0.15) is 39.3 Å². The zero-order valence-corrected chi connectivity index (χ0v) is 27.6. The Morgan fingerprint density at radius 3 is 0.961 bits per heavy atom.